The highest BCUT2D eigenvalue weighted by Gasteiger charge is 2.08. The van der Waals surface area contributed by atoms with E-state index in [9.17, 15) is 0 Å². The van der Waals surface area contributed by atoms with Crippen molar-refractivity contribution in [1.29, 1.82) is 0 Å². The molecule has 0 unspecified atom stereocenters. The number of methoxy groups -OCH3 is 2. The van der Waals surface area contributed by atoms with E-state index in [1.54, 1.807) is 25.6 Å². The summed E-state index contributed by atoms with van der Waals surface area (Å²) in [4.78, 5) is 4.64. The lowest BCUT2D eigenvalue weighted by molar-refractivity contribution is 0.355. The first kappa shape index (κ1) is 15.4. The molecule has 0 aliphatic rings. The van der Waals surface area contributed by atoms with Crippen molar-refractivity contribution in [3.8, 4) is 22.8 Å². The van der Waals surface area contributed by atoms with Gasteiger partial charge in [0.15, 0.2) is 16.6 Å². The maximum atomic E-state index is 5.32. The third-order valence-electron chi connectivity index (χ3n) is 3.49. The van der Waals surface area contributed by atoms with Crippen LogP contribution in [0.2, 0.25) is 0 Å². The normalized spacial score (nSPS) is 10.4. The molecule has 0 atom stereocenters. The number of hydrogen-bond donors (Lipinski definition) is 1. The molecule has 4 nitrogen and oxygen atoms in total. The number of ether oxygens (including phenoxy) is 2. The molecule has 3 rings (SSSR count). The summed E-state index contributed by atoms with van der Waals surface area (Å²) in [5.74, 6) is 1.39. The van der Waals surface area contributed by atoms with Gasteiger partial charge in [-0.05, 0) is 19.1 Å². The van der Waals surface area contributed by atoms with E-state index in [0.717, 1.165) is 22.1 Å². The zero-order valence-electron chi connectivity index (χ0n) is 13.3. The fraction of sp³-hybridized carbons (Fsp3) is 0.167. The van der Waals surface area contributed by atoms with Crippen molar-refractivity contribution in [2.75, 3.05) is 19.5 Å². The molecular formula is C18H18N2O2S. The Balaban J connectivity index is 1.80. The predicted molar refractivity (Wildman–Crippen MR) is 95.1 cm³/mol. The highest BCUT2D eigenvalue weighted by molar-refractivity contribution is 7.14. The maximum absolute atomic E-state index is 5.32. The molecule has 0 saturated carbocycles. The van der Waals surface area contributed by atoms with Crippen LogP contribution in [-0.4, -0.2) is 19.2 Å². The smallest absolute Gasteiger partial charge is 0.187 e. The Kier molecular flexibility index (Phi) is 4.48. The van der Waals surface area contributed by atoms with Gasteiger partial charge < -0.3 is 14.8 Å². The molecule has 3 aromatic rings. The van der Waals surface area contributed by atoms with Crippen LogP contribution in [0.5, 0.6) is 11.5 Å². The first-order valence-corrected chi connectivity index (χ1v) is 8.09. The van der Waals surface area contributed by atoms with E-state index in [0.29, 0.717) is 11.5 Å². The molecule has 2 aromatic carbocycles. The number of rotatable bonds is 5. The van der Waals surface area contributed by atoms with Crippen LogP contribution < -0.4 is 14.8 Å². The molecule has 1 N–H and O–H groups in total. The highest BCUT2D eigenvalue weighted by Crippen LogP contribution is 2.32. The summed E-state index contributed by atoms with van der Waals surface area (Å²) < 4.78 is 10.6. The fourth-order valence-electron chi connectivity index (χ4n) is 2.23. The predicted octanol–water partition coefficient (Wildman–Crippen LogP) is 4.88. The summed E-state index contributed by atoms with van der Waals surface area (Å²) in [6.45, 7) is 2.08. The van der Waals surface area contributed by atoms with Crippen LogP contribution in [0.15, 0.2) is 47.8 Å². The van der Waals surface area contributed by atoms with E-state index in [1.165, 1.54) is 5.56 Å². The van der Waals surface area contributed by atoms with Gasteiger partial charge in [-0.2, -0.15) is 0 Å². The van der Waals surface area contributed by atoms with Crippen LogP contribution in [0.25, 0.3) is 11.3 Å². The van der Waals surface area contributed by atoms with E-state index in [-0.39, 0.29) is 0 Å². The molecule has 5 heteroatoms. The van der Waals surface area contributed by atoms with Crippen molar-refractivity contribution in [2.24, 2.45) is 0 Å². The minimum absolute atomic E-state index is 0.688. The number of nitrogens with zero attached hydrogens (tertiary/aromatic N) is 1. The first-order chi connectivity index (χ1) is 11.2. The molecule has 0 spiro atoms. The number of anilines is 2. The number of hydrogen-bond acceptors (Lipinski definition) is 5. The second-order valence-corrected chi connectivity index (χ2v) is 5.96. The van der Waals surface area contributed by atoms with E-state index < -0.39 is 0 Å². The van der Waals surface area contributed by atoms with E-state index in [4.69, 9.17) is 9.47 Å². The topological polar surface area (TPSA) is 43.4 Å². The van der Waals surface area contributed by atoms with Gasteiger partial charge in [0.1, 0.15) is 0 Å². The summed E-state index contributed by atoms with van der Waals surface area (Å²) >= 11 is 1.57. The van der Waals surface area contributed by atoms with Crippen LogP contribution in [0, 0.1) is 6.92 Å². The van der Waals surface area contributed by atoms with Gasteiger partial charge in [-0.15, -0.1) is 11.3 Å². The zero-order chi connectivity index (χ0) is 16.2. The molecule has 118 valence electrons. The van der Waals surface area contributed by atoms with Crippen LogP contribution >= 0.6 is 11.3 Å². The van der Waals surface area contributed by atoms with Gasteiger partial charge in [0, 0.05) is 22.7 Å². The molecule has 23 heavy (non-hydrogen) atoms. The minimum Gasteiger partial charge on any atom is -0.493 e. The second-order valence-electron chi connectivity index (χ2n) is 5.10. The number of benzene rings is 2. The lowest BCUT2D eigenvalue weighted by Gasteiger charge is -2.09. The van der Waals surface area contributed by atoms with E-state index >= 15 is 0 Å². The van der Waals surface area contributed by atoms with E-state index in [1.807, 2.05) is 23.6 Å². The standard InChI is InChI=1S/C18H18N2O2S/c1-12-4-6-13(7-5-12)15-11-23-18(20-15)19-14-8-9-16(21-2)17(10-14)22-3/h4-11H,1-3H3,(H,19,20). The Hall–Kier alpha value is -2.53. The average molecular weight is 326 g/mol. The highest BCUT2D eigenvalue weighted by atomic mass is 32.1. The van der Waals surface area contributed by atoms with Gasteiger partial charge in [-0.3, -0.25) is 0 Å². The number of aromatic nitrogens is 1. The van der Waals surface area contributed by atoms with Crippen LogP contribution in [0.1, 0.15) is 5.56 Å². The molecular weight excluding hydrogens is 308 g/mol. The van der Waals surface area contributed by atoms with Gasteiger partial charge in [0.2, 0.25) is 0 Å². The van der Waals surface area contributed by atoms with Crippen molar-refractivity contribution in [1.82, 2.24) is 4.98 Å². The molecule has 0 aliphatic carbocycles. The molecule has 1 heterocycles. The van der Waals surface area contributed by atoms with Crippen LogP contribution in [-0.2, 0) is 0 Å². The molecule has 0 amide bonds. The van der Waals surface area contributed by atoms with Gasteiger partial charge >= 0.3 is 0 Å². The number of thiazole rings is 1. The third kappa shape index (κ3) is 3.46. The van der Waals surface area contributed by atoms with Gasteiger partial charge in [0.25, 0.3) is 0 Å². The summed E-state index contributed by atoms with van der Waals surface area (Å²) in [6, 6.07) is 14.1. The van der Waals surface area contributed by atoms with Crippen molar-refractivity contribution in [3.63, 3.8) is 0 Å². The molecule has 0 radical (unpaired) electrons. The quantitative estimate of drug-likeness (QED) is 0.726. The van der Waals surface area contributed by atoms with Gasteiger partial charge in [-0.1, -0.05) is 29.8 Å². The third-order valence-corrected chi connectivity index (χ3v) is 4.24. The first-order valence-electron chi connectivity index (χ1n) is 7.21. The minimum atomic E-state index is 0.688. The molecule has 0 bridgehead atoms. The second kappa shape index (κ2) is 6.71. The van der Waals surface area contributed by atoms with Crippen molar-refractivity contribution < 1.29 is 9.47 Å². The Morgan fingerprint density at radius 2 is 1.70 bits per heavy atom. The zero-order valence-corrected chi connectivity index (χ0v) is 14.1. The van der Waals surface area contributed by atoms with Crippen LogP contribution in [0.4, 0.5) is 10.8 Å². The Morgan fingerprint density at radius 1 is 0.957 bits per heavy atom. The summed E-state index contributed by atoms with van der Waals surface area (Å²) in [7, 11) is 3.25. The van der Waals surface area contributed by atoms with Crippen molar-refractivity contribution in [2.45, 2.75) is 6.92 Å². The largest absolute Gasteiger partial charge is 0.493 e. The maximum Gasteiger partial charge on any atom is 0.187 e. The summed E-state index contributed by atoms with van der Waals surface area (Å²) in [6.07, 6.45) is 0. The Labute approximate surface area is 139 Å². The Morgan fingerprint density at radius 3 is 2.39 bits per heavy atom. The molecule has 0 saturated heterocycles. The van der Waals surface area contributed by atoms with Crippen molar-refractivity contribution in [3.05, 3.63) is 53.4 Å². The lowest BCUT2D eigenvalue weighted by atomic mass is 10.1. The van der Waals surface area contributed by atoms with Crippen molar-refractivity contribution >= 4 is 22.2 Å². The van der Waals surface area contributed by atoms with Gasteiger partial charge in [-0.25, -0.2) is 4.98 Å². The molecule has 1 aromatic heterocycles. The lowest BCUT2D eigenvalue weighted by Crippen LogP contribution is -1.94. The fourth-order valence-corrected chi connectivity index (χ4v) is 2.97. The summed E-state index contributed by atoms with van der Waals surface area (Å²) in [5.41, 5.74) is 4.24. The summed E-state index contributed by atoms with van der Waals surface area (Å²) in [5, 5.41) is 6.19. The molecule has 0 aliphatic heterocycles. The number of aryl methyl sites for hydroxylation is 1. The van der Waals surface area contributed by atoms with Crippen LogP contribution in [0.3, 0.4) is 0 Å². The van der Waals surface area contributed by atoms with Gasteiger partial charge in [0.05, 0.1) is 19.9 Å². The van der Waals surface area contributed by atoms with E-state index in [2.05, 4.69) is 41.5 Å². The monoisotopic (exact) mass is 326 g/mol. The number of nitrogens with one attached hydrogen (secondary N) is 1. The SMILES string of the molecule is COc1ccc(Nc2nc(-c3ccc(C)cc3)cs2)cc1OC. The average Bonchev–Trinajstić information content (AvgIpc) is 3.04. The Bertz CT molecular complexity index is 797. The molecule has 0 fully saturated rings.